The fourth-order valence-electron chi connectivity index (χ4n) is 3.96. The molecule has 11 nitrogen and oxygen atoms in total. The number of aliphatic hydroxyl groups excluding tert-OH is 1. The lowest BCUT2D eigenvalue weighted by Crippen LogP contribution is -2.59. The second-order valence-electron chi connectivity index (χ2n) is 9.42. The van der Waals surface area contributed by atoms with Crippen molar-refractivity contribution in [1.82, 2.24) is 16.0 Å². The summed E-state index contributed by atoms with van der Waals surface area (Å²) < 4.78 is 10.5. The quantitative estimate of drug-likeness (QED) is 0.239. The van der Waals surface area contributed by atoms with E-state index in [-0.39, 0.29) is 25.2 Å². The van der Waals surface area contributed by atoms with E-state index >= 15 is 0 Å². The lowest BCUT2D eigenvalue weighted by molar-refractivity contribution is -0.133. The Morgan fingerprint density at radius 1 is 0.921 bits per heavy atom. The van der Waals surface area contributed by atoms with Crippen molar-refractivity contribution in [1.29, 1.82) is 0 Å². The van der Waals surface area contributed by atoms with Crippen LogP contribution in [0.2, 0.25) is 0 Å². The first-order chi connectivity index (χ1) is 18.0. The van der Waals surface area contributed by atoms with Gasteiger partial charge in [-0.1, -0.05) is 42.5 Å². The number of hydrogen-bond acceptors (Lipinski definition) is 7. The van der Waals surface area contributed by atoms with Crippen molar-refractivity contribution in [3.8, 4) is 5.75 Å². The topological polar surface area (TPSA) is 167 Å². The Morgan fingerprint density at radius 3 is 2.00 bits per heavy atom. The van der Waals surface area contributed by atoms with Gasteiger partial charge in [-0.2, -0.15) is 0 Å². The predicted molar refractivity (Wildman–Crippen MR) is 137 cm³/mol. The Kier molecular flexibility index (Phi) is 9.43. The molecule has 2 aromatic carbocycles. The van der Waals surface area contributed by atoms with Gasteiger partial charge in [-0.05, 0) is 43.5 Å². The van der Waals surface area contributed by atoms with Crippen molar-refractivity contribution in [2.24, 2.45) is 0 Å². The number of aliphatic hydroxyl groups is 1. The summed E-state index contributed by atoms with van der Waals surface area (Å²) >= 11 is 0. The van der Waals surface area contributed by atoms with E-state index in [0.717, 1.165) is 5.56 Å². The molecule has 1 saturated heterocycles. The van der Waals surface area contributed by atoms with Gasteiger partial charge in [0, 0.05) is 6.42 Å². The van der Waals surface area contributed by atoms with E-state index < -0.39 is 47.7 Å². The highest BCUT2D eigenvalue weighted by molar-refractivity contribution is 5.98. The van der Waals surface area contributed by atoms with Crippen molar-refractivity contribution in [2.75, 3.05) is 13.7 Å². The molecule has 1 aliphatic rings. The van der Waals surface area contributed by atoms with Crippen molar-refractivity contribution in [2.45, 2.75) is 56.5 Å². The van der Waals surface area contributed by atoms with Gasteiger partial charge in [0.15, 0.2) is 5.78 Å². The third kappa shape index (κ3) is 7.77. The van der Waals surface area contributed by atoms with Crippen LogP contribution in [-0.2, 0) is 32.0 Å². The first kappa shape index (κ1) is 28.6. The molecule has 0 spiro atoms. The normalized spacial score (nSPS) is 19.3. The van der Waals surface area contributed by atoms with Crippen molar-refractivity contribution < 1.29 is 38.9 Å². The number of amides is 3. The van der Waals surface area contributed by atoms with Crippen LogP contribution in [0.3, 0.4) is 0 Å². The maximum Gasteiger partial charge on any atom is 0.405 e. The zero-order valence-corrected chi connectivity index (χ0v) is 21.5. The van der Waals surface area contributed by atoms with E-state index in [1.807, 2.05) is 35.6 Å². The molecule has 0 radical (unpaired) electrons. The molecule has 11 heteroatoms. The number of carbonyl (C=O) groups is 4. The molecule has 1 heterocycles. The fraction of sp³-hybridized carbons (Fsp3) is 0.407. The third-order valence-corrected chi connectivity index (χ3v) is 6.29. The van der Waals surface area contributed by atoms with Crippen molar-refractivity contribution in [3.63, 3.8) is 0 Å². The molecule has 2 aromatic rings. The third-order valence-electron chi connectivity index (χ3n) is 6.29. The maximum absolute atomic E-state index is 13.5. The number of hydrogen-bond donors (Lipinski definition) is 5. The van der Waals surface area contributed by atoms with Crippen LogP contribution in [0.15, 0.2) is 54.6 Å². The minimum atomic E-state index is -1.51. The molecule has 3 rings (SSSR count). The Morgan fingerprint density at radius 2 is 1.47 bits per heavy atom. The number of ether oxygens (including phenoxy) is 2. The monoisotopic (exact) mass is 527 g/mol. The lowest BCUT2D eigenvalue weighted by Gasteiger charge is -2.26. The fourth-order valence-corrected chi connectivity index (χ4v) is 3.96. The van der Waals surface area contributed by atoms with Crippen molar-refractivity contribution in [3.05, 3.63) is 65.7 Å². The van der Waals surface area contributed by atoms with E-state index in [1.165, 1.54) is 14.0 Å². The summed E-state index contributed by atoms with van der Waals surface area (Å²) in [6.07, 6.45) is -2.63. The second kappa shape index (κ2) is 12.5. The zero-order chi connectivity index (χ0) is 27.9. The van der Waals surface area contributed by atoms with Gasteiger partial charge in [0.25, 0.3) is 0 Å². The van der Waals surface area contributed by atoms with Crippen LogP contribution in [0.1, 0.15) is 25.0 Å². The van der Waals surface area contributed by atoms with E-state index in [0.29, 0.717) is 11.3 Å². The second-order valence-corrected chi connectivity index (χ2v) is 9.42. The highest BCUT2D eigenvalue weighted by Crippen LogP contribution is 2.29. The van der Waals surface area contributed by atoms with E-state index in [1.54, 1.807) is 31.2 Å². The molecule has 1 aliphatic heterocycles. The van der Waals surface area contributed by atoms with Gasteiger partial charge in [0.05, 0.1) is 25.9 Å². The van der Waals surface area contributed by atoms with Gasteiger partial charge in [0.1, 0.15) is 23.4 Å². The number of carboxylic acid groups (broad SMARTS) is 1. The Hall–Kier alpha value is -3.96. The highest BCUT2D eigenvalue weighted by Gasteiger charge is 2.50. The van der Waals surface area contributed by atoms with E-state index in [4.69, 9.17) is 14.6 Å². The van der Waals surface area contributed by atoms with Crippen LogP contribution in [0.5, 0.6) is 5.75 Å². The maximum atomic E-state index is 13.5. The molecule has 0 aromatic heterocycles. The summed E-state index contributed by atoms with van der Waals surface area (Å²) in [4.78, 5) is 50.8. The van der Waals surface area contributed by atoms with Crippen LogP contribution in [-0.4, -0.2) is 77.5 Å². The van der Waals surface area contributed by atoms with Gasteiger partial charge in [-0.15, -0.1) is 0 Å². The van der Waals surface area contributed by atoms with Gasteiger partial charge in [0.2, 0.25) is 11.8 Å². The standard InChI is InChI=1S/C27H33N3O8/c1-16(31)22(30-26(35)36)25(34)29-21(14-18-9-11-19(37-3)12-10-18)24(33)28-20(23(32)27(2)15-38-27)13-17-7-5-4-6-8-17/h4-12,16,20-22,30-31H,13-15H2,1-3H3,(H,28,33)(H,29,34)(H,35,36)/t16-,20?,21?,22-,27?/m0/s1. The Bertz CT molecular complexity index is 1130. The number of carbonyl (C=O) groups excluding carboxylic acids is 3. The molecular weight excluding hydrogens is 494 g/mol. The minimum absolute atomic E-state index is 0.0290. The highest BCUT2D eigenvalue weighted by atomic mass is 16.6. The zero-order valence-electron chi connectivity index (χ0n) is 21.5. The summed E-state index contributed by atoms with van der Waals surface area (Å²) in [6, 6.07) is 12.4. The summed E-state index contributed by atoms with van der Waals surface area (Å²) in [5, 5.41) is 26.3. The van der Waals surface area contributed by atoms with E-state index in [9.17, 15) is 24.3 Å². The first-order valence-electron chi connectivity index (χ1n) is 12.2. The Labute approximate surface area is 220 Å². The number of Topliss-reactive ketones (excluding diaryl/α,β-unsaturated/α-hetero) is 1. The van der Waals surface area contributed by atoms with Gasteiger partial charge in [-0.3, -0.25) is 14.4 Å². The van der Waals surface area contributed by atoms with Crippen LogP contribution < -0.4 is 20.7 Å². The van der Waals surface area contributed by atoms with Gasteiger partial charge in [-0.25, -0.2) is 4.79 Å². The molecule has 38 heavy (non-hydrogen) atoms. The molecule has 1 fully saturated rings. The average Bonchev–Trinajstić information content (AvgIpc) is 3.65. The smallest absolute Gasteiger partial charge is 0.405 e. The van der Waals surface area contributed by atoms with Crippen LogP contribution >= 0.6 is 0 Å². The minimum Gasteiger partial charge on any atom is -0.497 e. The molecule has 5 N–H and O–H groups in total. The predicted octanol–water partition coefficient (Wildman–Crippen LogP) is 0.825. The molecule has 3 amide bonds. The van der Waals surface area contributed by atoms with Crippen LogP contribution in [0, 0.1) is 0 Å². The molecule has 0 aliphatic carbocycles. The number of epoxide rings is 1. The summed E-state index contributed by atoms with van der Waals surface area (Å²) in [5.41, 5.74) is 0.505. The number of benzene rings is 2. The summed E-state index contributed by atoms with van der Waals surface area (Å²) in [6.45, 7) is 3.15. The van der Waals surface area contributed by atoms with Gasteiger partial charge < -0.3 is 35.6 Å². The number of ketones is 1. The molecule has 0 bridgehead atoms. The van der Waals surface area contributed by atoms with Crippen LogP contribution in [0.4, 0.5) is 4.79 Å². The van der Waals surface area contributed by atoms with Crippen LogP contribution in [0.25, 0.3) is 0 Å². The van der Waals surface area contributed by atoms with Gasteiger partial charge >= 0.3 is 6.09 Å². The lowest BCUT2D eigenvalue weighted by atomic mass is 9.94. The number of nitrogens with one attached hydrogen (secondary N) is 3. The summed E-state index contributed by atoms with van der Waals surface area (Å²) in [5.74, 6) is -1.23. The molecule has 3 unspecified atom stereocenters. The number of methoxy groups -OCH3 is 1. The largest absolute Gasteiger partial charge is 0.497 e. The molecular formula is C27H33N3O8. The summed E-state index contributed by atoms with van der Waals surface area (Å²) in [7, 11) is 1.52. The number of rotatable bonds is 13. The molecule has 0 saturated carbocycles. The first-order valence-corrected chi connectivity index (χ1v) is 12.2. The molecule has 5 atom stereocenters. The Balaban J connectivity index is 1.85. The average molecular weight is 528 g/mol. The SMILES string of the molecule is COc1ccc(CC(NC(=O)[C@@H](NC(=O)O)[C@H](C)O)C(=O)NC(Cc2ccccc2)C(=O)C2(C)CO2)cc1. The van der Waals surface area contributed by atoms with Crippen molar-refractivity contribution >= 4 is 23.7 Å². The van der Waals surface area contributed by atoms with E-state index in [2.05, 4.69) is 10.6 Å². The molecule has 204 valence electrons.